The van der Waals surface area contributed by atoms with Gasteiger partial charge in [0.2, 0.25) is 0 Å². The molecule has 0 bridgehead atoms. The van der Waals surface area contributed by atoms with Gasteiger partial charge in [-0.1, -0.05) is 13.8 Å². The number of nitrogens with one attached hydrogen (secondary N) is 1. The predicted molar refractivity (Wildman–Crippen MR) is 64.3 cm³/mol. The summed E-state index contributed by atoms with van der Waals surface area (Å²) in [7, 11) is 0. The summed E-state index contributed by atoms with van der Waals surface area (Å²) < 4.78 is 0. The molecule has 98 valence electrons. The van der Waals surface area contributed by atoms with Gasteiger partial charge in [0, 0.05) is 6.20 Å². The van der Waals surface area contributed by atoms with Gasteiger partial charge < -0.3 is 15.5 Å². The minimum Gasteiger partial charge on any atom is -0.505 e. The Bertz CT molecular complexity index is 455. The summed E-state index contributed by atoms with van der Waals surface area (Å²) in [5.74, 6) is -2.07. The van der Waals surface area contributed by atoms with Crippen molar-refractivity contribution in [3.8, 4) is 5.75 Å². The quantitative estimate of drug-likeness (QED) is 0.730. The van der Waals surface area contributed by atoms with Gasteiger partial charge in [-0.15, -0.1) is 0 Å². The first-order valence-electron chi connectivity index (χ1n) is 5.66. The van der Waals surface area contributed by atoms with Gasteiger partial charge in [0.1, 0.15) is 11.3 Å². The molecule has 1 aromatic heterocycles. The Hall–Kier alpha value is -2.11. The second-order valence-electron chi connectivity index (χ2n) is 3.92. The van der Waals surface area contributed by atoms with Crippen LogP contribution in [0.4, 0.5) is 0 Å². The number of carboxylic acid groups (broad SMARTS) is 1. The standard InChI is InChI=1S/C12H16N2O4/c1-3-12(4-2,11(17)18)14-10(16)9-8(15)6-5-7-13-9/h5-7,15H,3-4H2,1-2H3,(H,14,16)(H,17,18). The second kappa shape index (κ2) is 5.48. The van der Waals surface area contributed by atoms with E-state index in [0.717, 1.165) is 0 Å². The average molecular weight is 252 g/mol. The largest absolute Gasteiger partial charge is 0.505 e. The molecule has 0 unspecified atom stereocenters. The number of carbonyl (C=O) groups excluding carboxylic acids is 1. The van der Waals surface area contributed by atoms with Crippen LogP contribution in [0.1, 0.15) is 37.2 Å². The summed E-state index contributed by atoms with van der Waals surface area (Å²) in [5.41, 5.74) is -1.51. The fraction of sp³-hybridized carbons (Fsp3) is 0.417. The highest BCUT2D eigenvalue weighted by Gasteiger charge is 2.37. The maximum Gasteiger partial charge on any atom is 0.329 e. The minimum atomic E-state index is -1.33. The van der Waals surface area contributed by atoms with E-state index in [4.69, 9.17) is 0 Å². The molecule has 0 spiro atoms. The summed E-state index contributed by atoms with van der Waals surface area (Å²) in [6.07, 6.45) is 1.85. The zero-order valence-corrected chi connectivity index (χ0v) is 10.3. The van der Waals surface area contributed by atoms with Crippen molar-refractivity contribution < 1.29 is 19.8 Å². The van der Waals surface area contributed by atoms with Gasteiger partial charge in [-0.3, -0.25) is 4.79 Å². The maximum atomic E-state index is 11.9. The molecule has 6 heteroatoms. The van der Waals surface area contributed by atoms with Crippen LogP contribution < -0.4 is 5.32 Å². The summed E-state index contributed by atoms with van der Waals surface area (Å²) in [5, 5.41) is 21.1. The molecular weight excluding hydrogens is 236 g/mol. The Kier molecular flexibility index (Phi) is 4.25. The van der Waals surface area contributed by atoms with E-state index in [2.05, 4.69) is 10.3 Å². The first kappa shape index (κ1) is 14.0. The van der Waals surface area contributed by atoms with Gasteiger partial charge in [0.15, 0.2) is 5.69 Å². The van der Waals surface area contributed by atoms with E-state index in [1.165, 1.54) is 18.3 Å². The molecule has 1 amide bonds. The third-order valence-corrected chi connectivity index (χ3v) is 2.97. The van der Waals surface area contributed by atoms with Crippen LogP contribution in [0.2, 0.25) is 0 Å². The number of rotatable bonds is 5. The summed E-state index contributed by atoms with van der Waals surface area (Å²) in [6, 6.07) is 2.80. The van der Waals surface area contributed by atoms with Crippen molar-refractivity contribution in [2.75, 3.05) is 0 Å². The highest BCUT2D eigenvalue weighted by Crippen LogP contribution is 2.18. The summed E-state index contributed by atoms with van der Waals surface area (Å²) >= 11 is 0. The first-order chi connectivity index (χ1) is 8.46. The smallest absolute Gasteiger partial charge is 0.329 e. The van der Waals surface area contributed by atoms with Crippen LogP contribution in [0.25, 0.3) is 0 Å². The van der Waals surface area contributed by atoms with E-state index in [-0.39, 0.29) is 24.3 Å². The molecule has 0 aliphatic rings. The number of aromatic nitrogens is 1. The normalized spacial score (nSPS) is 11.0. The number of aliphatic carboxylic acids is 1. The summed E-state index contributed by atoms with van der Waals surface area (Å²) in [6.45, 7) is 3.35. The van der Waals surface area contributed by atoms with E-state index in [1.807, 2.05) is 0 Å². The number of carboxylic acids is 1. The lowest BCUT2D eigenvalue weighted by Crippen LogP contribution is -2.53. The van der Waals surface area contributed by atoms with Crippen molar-refractivity contribution in [3.63, 3.8) is 0 Å². The molecule has 1 rings (SSSR count). The molecule has 18 heavy (non-hydrogen) atoms. The van der Waals surface area contributed by atoms with Gasteiger partial charge >= 0.3 is 5.97 Å². The van der Waals surface area contributed by atoms with Gasteiger partial charge in [-0.05, 0) is 25.0 Å². The molecule has 0 radical (unpaired) electrons. The minimum absolute atomic E-state index is 0.176. The number of amides is 1. The Morgan fingerprint density at radius 1 is 1.39 bits per heavy atom. The van der Waals surface area contributed by atoms with E-state index >= 15 is 0 Å². The highest BCUT2D eigenvalue weighted by atomic mass is 16.4. The Balaban J connectivity index is 3.00. The van der Waals surface area contributed by atoms with Crippen molar-refractivity contribution >= 4 is 11.9 Å². The van der Waals surface area contributed by atoms with Crippen LogP contribution in [-0.2, 0) is 4.79 Å². The number of hydrogen-bond donors (Lipinski definition) is 3. The molecule has 1 heterocycles. The lowest BCUT2D eigenvalue weighted by atomic mass is 9.92. The molecule has 0 saturated carbocycles. The second-order valence-corrected chi connectivity index (χ2v) is 3.92. The van der Waals surface area contributed by atoms with Crippen LogP contribution in [-0.4, -0.2) is 32.6 Å². The fourth-order valence-corrected chi connectivity index (χ4v) is 1.63. The van der Waals surface area contributed by atoms with Gasteiger partial charge in [0.25, 0.3) is 5.91 Å². The Morgan fingerprint density at radius 2 is 2.00 bits per heavy atom. The molecule has 1 aromatic rings. The van der Waals surface area contributed by atoms with Gasteiger partial charge in [-0.25, -0.2) is 9.78 Å². The van der Waals surface area contributed by atoms with Crippen LogP contribution in [0.5, 0.6) is 5.75 Å². The fourth-order valence-electron chi connectivity index (χ4n) is 1.63. The predicted octanol–water partition coefficient (Wildman–Crippen LogP) is 1.16. The molecule has 0 aliphatic carbocycles. The van der Waals surface area contributed by atoms with Crippen LogP contribution in [0.3, 0.4) is 0 Å². The van der Waals surface area contributed by atoms with Gasteiger partial charge in [0.05, 0.1) is 0 Å². The number of nitrogens with zero attached hydrogens (tertiary/aromatic N) is 1. The Labute approximate surface area is 105 Å². The van der Waals surface area contributed by atoms with Gasteiger partial charge in [-0.2, -0.15) is 0 Å². The first-order valence-corrected chi connectivity index (χ1v) is 5.66. The molecule has 6 nitrogen and oxygen atoms in total. The van der Waals surface area contributed by atoms with Crippen molar-refractivity contribution in [2.24, 2.45) is 0 Å². The van der Waals surface area contributed by atoms with Crippen LogP contribution in [0.15, 0.2) is 18.3 Å². The Morgan fingerprint density at radius 3 is 2.44 bits per heavy atom. The number of hydrogen-bond acceptors (Lipinski definition) is 4. The molecular formula is C12H16N2O4. The van der Waals surface area contributed by atoms with Crippen LogP contribution >= 0.6 is 0 Å². The molecule has 0 saturated heterocycles. The van der Waals surface area contributed by atoms with Crippen LogP contribution in [0, 0.1) is 0 Å². The number of aromatic hydroxyl groups is 1. The molecule has 3 N–H and O–H groups in total. The molecule has 0 atom stereocenters. The molecule has 0 aromatic carbocycles. The zero-order valence-electron chi connectivity index (χ0n) is 10.3. The topological polar surface area (TPSA) is 99.5 Å². The van der Waals surface area contributed by atoms with Crippen molar-refractivity contribution in [1.29, 1.82) is 0 Å². The van der Waals surface area contributed by atoms with E-state index < -0.39 is 17.4 Å². The van der Waals surface area contributed by atoms with Crippen molar-refractivity contribution in [2.45, 2.75) is 32.2 Å². The van der Waals surface area contributed by atoms with Crippen molar-refractivity contribution in [1.82, 2.24) is 10.3 Å². The molecule has 0 fully saturated rings. The lowest BCUT2D eigenvalue weighted by Gasteiger charge is -2.27. The third kappa shape index (κ3) is 2.58. The van der Waals surface area contributed by atoms with E-state index in [1.54, 1.807) is 13.8 Å². The van der Waals surface area contributed by atoms with E-state index in [0.29, 0.717) is 0 Å². The SMILES string of the molecule is CCC(CC)(NC(=O)c1ncccc1O)C(=O)O. The third-order valence-electron chi connectivity index (χ3n) is 2.97. The van der Waals surface area contributed by atoms with Crippen molar-refractivity contribution in [3.05, 3.63) is 24.0 Å². The maximum absolute atomic E-state index is 11.9. The number of carbonyl (C=O) groups is 2. The lowest BCUT2D eigenvalue weighted by molar-refractivity contribution is -0.144. The zero-order chi connectivity index (χ0) is 13.8. The highest BCUT2D eigenvalue weighted by molar-refractivity contribution is 5.98. The molecule has 0 aliphatic heterocycles. The number of pyridine rings is 1. The monoisotopic (exact) mass is 252 g/mol. The van der Waals surface area contributed by atoms with E-state index in [9.17, 15) is 19.8 Å². The average Bonchev–Trinajstić information content (AvgIpc) is 2.36. The summed E-state index contributed by atoms with van der Waals surface area (Å²) in [4.78, 5) is 26.9.